The number of hydrogen-bond acceptors (Lipinski definition) is 3. The molecule has 1 fully saturated rings. The van der Waals surface area contributed by atoms with Gasteiger partial charge in [0.1, 0.15) is 0 Å². The Balaban J connectivity index is 2.33. The lowest BCUT2D eigenvalue weighted by atomic mass is 10.0. The maximum absolute atomic E-state index is 11.9. The van der Waals surface area contributed by atoms with E-state index in [1.807, 2.05) is 12.1 Å². The highest BCUT2D eigenvalue weighted by Crippen LogP contribution is 2.36. The second-order valence-corrected chi connectivity index (χ2v) is 5.31. The summed E-state index contributed by atoms with van der Waals surface area (Å²) in [4.78, 5) is 18.6. The van der Waals surface area contributed by atoms with Crippen LogP contribution in [0.5, 0.6) is 0 Å². The number of pyridine rings is 1. The minimum Gasteiger partial charge on any atom is -0.369 e. The van der Waals surface area contributed by atoms with Crippen LogP contribution in [0.25, 0.3) is 10.9 Å². The normalized spacial score (nSPS) is 15.2. The third-order valence-corrected chi connectivity index (χ3v) is 3.93. The van der Waals surface area contributed by atoms with E-state index < -0.39 is 0 Å². The van der Waals surface area contributed by atoms with Crippen LogP contribution < -0.4 is 4.90 Å². The lowest BCUT2D eigenvalue weighted by Crippen LogP contribution is -2.21. The Morgan fingerprint density at radius 3 is 2.79 bits per heavy atom. The molecular weight excluding hydrogens is 260 g/mol. The van der Waals surface area contributed by atoms with E-state index in [9.17, 15) is 4.79 Å². The first-order valence-corrected chi connectivity index (χ1v) is 6.89. The molecule has 2 aromatic rings. The SMILES string of the molecule is CC(=O)c1cc(Cl)c2cccnc2c1N1CCCC1. The van der Waals surface area contributed by atoms with E-state index in [1.54, 1.807) is 19.2 Å². The van der Waals surface area contributed by atoms with E-state index in [0.29, 0.717) is 10.6 Å². The van der Waals surface area contributed by atoms with Gasteiger partial charge in [0.25, 0.3) is 0 Å². The van der Waals surface area contributed by atoms with Gasteiger partial charge in [-0.2, -0.15) is 0 Å². The van der Waals surface area contributed by atoms with Crippen molar-refractivity contribution in [1.29, 1.82) is 0 Å². The molecule has 1 aromatic carbocycles. The van der Waals surface area contributed by atoms with Gasteiger partial charge in [0, 0.05) is 30.2 Å². The molecule has 98 valence electrons. The Morgan fingerprint density at radius 2 is 2.11 bits per heavy atom. The average Bonchev–Trinajstić information content (AvgIpc) is 2.92. The number of carbonyl (C=O) groups is 1. The van der Waals surface area contributed by atoms with Crippen LogP contribution in [0.4, 0.5) is 5.69 Å². The first-order valence-electron chi connectivity index (χ1n) is 6.51. The fourth-order valence-corrected chi connectivity index (χ4v) is 2.98. The molecule has 0 unspecified atom stereocenters. The van der Waals surface area contributed by atoms with E-state index in [1.165, 1.54) is 0 Å². The molecule has 1 aliphatic heterocycles. The quantitative estimate of drug-likeness (QED) is 0.783. The number of anilines is 1. The molecule has 0 N–H and O–H groups in total. The second kappa shape index (κ2) is 4.82. The van der Waals surface area contributed by atoms with Crippen molar-refractivity contribution in [3.63, 3.8) is 0 Å². The molecule has 0 bridgehead atoms. The van der Waals surface area contributed by atoms with E-state index in [4.69, 9.17) is 11.6 Å². The van der Waals surface area contributed by atoms with E-state index in [2.05, 4.69) is 9.88 Å². The lowest BCUT2D eigenvalue weighted by Gasteiger charge is -2.22. The zero-order valence-corrected chi connectivity index (χ0v) is 11.6. The fourth-order valence-electron chi connectivity index (χ4n) is 2.72. The van der Waals surface area contributed by atoms with Crippen molar-refractivity contribution in [3.05, 3.63) is 35.0 Å². The van der Waals surface area contributed by atoms with Gasteiger partial charge < -0.3 is 4.90 Å². The summed E-state index contributed by atoms with van der Waals surface area (Å²) in [6, 6.07) is 5.60. The molecule has 3 nitrogen and oxygen atoms in total. The first-order chi connectivity index (χ1) is 9.18. The van der Waals surface area contributed by atoms with Crippen molar-refractivity contribution in [2.75, 3.05) is 18.0 Å². The number of fused-ring (bicyclic) bond motifs is 1. The predicted octanol–water partition coefficient (Wildman–Crippen LogP) is 3.69. The van der Waals surface area contributed by atoms with Crippen molar-refractivity contribution < 1.29 is 4.79 Å². The maximum atomic E-state index is 11.9. The molecule has 3 rings (SSSR count). The highest BCUT2D eigenvalue weighted by atomic mass is 35.5. The molecule has 0 aliphatic carbocycles. The number of halogens is 1. The Bertz CT molecular complexity index is 648. The van der Waals surface area contributed by atoms with Crippen LogP contribution in [0.3, 0.4) is 0 Å². The van der Waals surface area contributed by atoms with Crippen LogP contribution in [0.2, 0.25) is 5.02 Å². The smallest absolute Gasteiger partial charge is 0.162 e. The molecule has 0 atom stereocenters. The van der Waals surface area contributed by atoms with E-state index in [0.717, 1.165) is 42.5 Å². The Hall–Kier alpha value is -1.61. The molecule has 0 amide bonds. The number of carbonyl (C=O) groups excluding carboxylic acids is 1. The van der Waals surface area contributed by atoms with Gasteiger partial charge in [-0.05, 0) is 38.0 Å². The minimum atomic E-state index is 0.0383. The summed E-state index contributed by atoms with van der Waals surface area (Å²) in [6.07, 6.45) is 4.07. The summed E-state index contributed by atoms with van der Waals surface area (Å²) in [5.74, 6) is 0.0383. The summed E-state index contributed by atoms with van der Waals surface area (Å²) in [6.45, 7) is 3.54. The van der Waals surface area contributed by atoms with Gasteiger partial charge >= 0.3 is 0 Å². The summed E-state index contributed by atoms with van der Waals surface area (Å²) in [5.41, 5.74) is 2.46. The Morgan fingerprint density at radius 1 is 1.37 bits per heavy atom. The molecule has 2 heterocycles. The monoisotopic (exact) mass is 274 g/mol. The van der Waals surface area contributed by atoms with Crippen LogP contribution in [-0.2, 0) is 0 Å². The number of ketones is 1. The van der Waals surface area contributed by atoms with Crippen LogP contribution in [-0.4, -0.2) is 23.9 Å². The fraction of sp³-hybridized carbons (Fsp3) is 0.333. The summed E-state index contributed by atoms with van der Waals surface area (Å²) in [7, 11) is 0. The van der Waals surface area contributed by atoms with Crippen LogP contribution in [0, 0.1) is 0 Å². The lowest BCUT2D eigenvalue weighted by molar-refractivity contribution is 0.101. The van der Waals surface area contributed by atoms with Crippen molar-refractivity contribution in [2.24, 2.45) is 0 Å². The van der Waals surface area contributed by atoms with Gasteiger partial charge in [0.15, 0.2) is 5.78 Å². The summed E-state index contributed by atoms with van der Waals surface area (Å²) < 4.78 is 0. The van der Waals surface area contributed by atoms with Gasteiger partial charge in [0.05, 0.1) is 16.2 Å². The molecule has 1 aliphatic rings. The molecule has 0 saturated carbocycles. The topological polar surface area (TPSA) is 33.2 Å². The Kier molecular flexibility index (Phi) is 3.15. The third kappa shape index (κ3) is 2.08. The number of rotatable bonds is 2. The highest BCUT2D eigenvalue weighted by Gasteiger charge is 2.22. The van der Waals surface area contributed by atoms with Crippen molar-refractivity contribution in [1.82, 2.24) is 4.98 Å². The van der Waals surface area contributed by atoms with Crippen LogP contribution >= 0.6 is 11.6 Å². The standard InChI is InChI=1S/C15H15ClN2O/c1-10(19)12-9-13(16)11-5-4-6-17-14(11)15(12)18-7-2-3-8-18/h4-6,9H,2-3,7-8H2,1H3. The maximum Gasteiger partial charge on any atom is 0.162 e. The van der Waals surface area contributed by atoms with E-state index in [-0.39, 0.29) is 5.78 Å². The van der Waals surface area contributed by atoms with Gasteiger partial charge in [-0.25, -0.2) is 0 Å². The Labute approximate surface area is 117 Å². The molecule has 0 spiro atoms. The minimum absolute atomic E-state index is 0.0383. The van der Waals surface area contributed by atoms with Crippen LogP contribution in [0.1, 0.15) is 30.1 Å². The number of benzene rings is 1. The average molecular weight is 275 g/mol. The third-order valence-electron chi connectivity index (χ3n) is 3.62. The number of nitrogens with zero attached hydrogens (tertiary/aromatic N) is 2. The number of hydrogen-bond donors (Lipinski definition) is 0. The molecule has 1 aromatic heterocycles. The van der Waals surface area contributed by atoms with Gasteiger partial charge in [-0.1, -0.05) is 11.6 Å². The van der Waals surface area contributed by atoms with Crippen molar-refractivity contribution in [2.45, 2.75) is 19.8 Å². The largest absolute Gasteiger partial charge is 0.369 e. The van der Waals surface area contributed by atoms with Gasteiger partial charge in [0.2, 0.25) is 0 Å². The second-order valence-electron chi connectivity index (χ2n) is 4.90. The van der Waals surface area contributed by atoms with Crippen molar-refractivity contribution >= 4 is 34.0 Å². The summed E-state index contributed by atoms with van der Waals surface area (Å²) >= 11 is 6.27. The van der Waals surface area contributed by atoms with Gasteiger partial charge in [-0.3, -0.25) is 9.78 Å². The van der Waals surface area contributed by atoms with Crippen molar-refractivity contribution in [3.8, 4) is 0 Å². The molecule has 0 radical (unpaired) electrons. The number of aromatic nitrogens is 1. The van der Waals surface area contributed by atoms with Crippen LogP contribution in [0.15, 0.2) is 24.4 Å². The summed E-state index contributed by atoms with van der Waals surface area (Å²) in [5, 5.41) is 1.51. The zero-order valence-electron chi connectivity index (χ0n) is 10.8. The number of Topliss-reactive ketones (excluding diaryl/α,β-unsaturated/α-hetero) is 1. The van der Waals surface area contributed by atoms with Gasteiger partial charge in [-0.15, -0.1) is 0 Å². The first kappa shape index (κ1) is 12.4. The molecular formula is C15H15ClN2O. The van der Waals surface area contributed by atoms with E-state index >= 15 is 0 Å². The molecule has 4 heteroatoms. The molecule has 19 heavy (non-hydrogen) atoms. The molecule has 1 saturated heterocycles. The zero-order chi connectivity index (χ0) is 13.4. The predicted molar refractivity (Wildman–Crippen MR) is 78.2 cm³/mol. The highest BCUT2D eigenvalue weighted by molar-refractivity contribution is 6.36.